The molecule has 0 aromatic carbocycles. The number of amides is 1. The Morgan fingerprint density at radius 1 is 1.38 bits per heavy atom. The maximum Gasteiger partial charge on any atom is 0.248 e. The second kappa shape index (κ2) is 4.09. The van der Waals surface area contributed by atoms with Gasteiger partial charge in [-0.15, -0.1) is 0 Å². The van der Waals surface area contributed by atoms with E-state index >= 15 is 0 Å². The maximum atomic E-state index is 11.1. The molecule has 0 saturated heterocycles. The fourth-order valence-electron chi connectivity index (χ4n) is 1.65. The summed E-state index contributed by atoms with van der Waals surface area (Å²) in [6.45, 7) is 5.91. The summed E-state index contributed by atoms with van der Waals surface area (Å²) in [5, 5.41) is 11.8. The van der Waals surface area contributed by atoms with Crippen LogP contribution in [0.3, 0.4) is 0 Å². The summed E-state index contributed by atoms with van der Waals surface area (Å²) in [7, 11) is 0. The van der Waals surface area contributed by atoms with E-state index in [0.29, 0.717) is 12.0 Å². The Morgan fingerprint density at radius 3 is 2.31 bits per heavy atom. The lowest BCUT2D eigenvalue weighted by molar-refractivity contribution is -0.130. The minimum Gasteiger partial charge on any atom is -0.384 e. The summed E-state index contributed by atoms with van der Waals surface area (Å²) >= 11 is 0. The molecule has 1 aliphatic carbocycles. The molecular formula is C10H19NO2. The van der Waals surface area contributed by atoms with Crippen LogP contribution in [0.1, 0.15) is 33.6 Å². The normalized spacial score (nSPS) is 29.6. The minimum atomic E-state index is -0.877. The Balaban J connectivity index is 2.18. The molecule has 1 fully saturated rings. The van der Waals surface area contributed by atoms with Gasteiger partial charge in [0.05, 0.1) is 0 Å². The van der Waals surface area contributed by atoms with Crippen LogP contribution >= 0.6 is 0 Å². The quantitative estimate of drug-likeness (QED) is 0.687. The number of carbonyl (C=O) groups is 1. The molecule has 3 heteroatoms. The van der Waals surface area contributed by atoms with Crippen LogP contribution in [0, 0.1) is 11.8 Å². The van der Waals surface area contributed by atoms with Gasteiger partial charge in [-0.2, -0.15) is 0 Å². The Bertz CT molecular complexity index is 183. The minimum absolute atomic E-state index is 0.243. The number of aliphatic hydroxyl groups is 1. The van der Waals surface area contributed by atoms with E-state index in [9.17, 15) is 4.79 Å². The second-order valence-electron chi connectivity index (χ2n) is 4.36. The van der Waals surface area contributed by atoms with Crippen molar-refractivity contribution in [3.8, 4) is 0 Å². The number of carbonyl (C=O) groups excluding carboxylic acids is 1. The van der Waals surface area contributed by atoms with Crippen LogP contribution in [-0.2, 0) is 4.79 Å². The van der Waals surface area contributed by atoms with Crippen LogP contribution in [0.25, 0.3) is 0 Å². The number of rotatable bonds is 3. The predicted molar refractivity (Wildman–Crippen MR) is 51.2 cm³/mol. The molecular weight excluding hydrogens is 166 g/mol. The van der Waals surface area contributed by atoms with E-state index in [0.717, 1.165) is 18.8 Å². The number of aliphatic hydroxyl groups excluding tert-OH is 1. The highest BCUT2D eigenvalue weighted by Crippen LogP contribution is 2.33. The van der Waals surface area contributed by atoms with Crippen LogP contribution in [0.2, 0.25) is 0 Å². The average molecular weight is 185 g/mol. The zero-order valence-electron chi connectivity index (χ0n) is 8.58. The topological polar surface area (TPSA) is 49.3 Å². The molecule has 0 aromatic rings. The van der Waals surface area contributed by atoms with E-state index in [1.54, 1.807) is 0 Å². The van der Waals surface area contributed by atoms with Gasteiger partial charge in [0, 0.05) is 6.04 Å². The molecule has 1 aliphatic rings. The van der Waals surface area contributed by atoms with Crippen molar-refractivity contribution in [2.45, 2.75) is 45.8 Å². The first-order valence-electron chi connectivity index (χ1n) is 4.99. The first-order valence-corrected chi connectivity index (χ1v) is 4.99. The molecule has 0 aromatic heterocycles. The molecule has 0 spiro atoms. The maximum absolute atomic E-state index is 11.1. The first-order chi connectivity index (χ1) is 6.00. The number of hydrogen-bond acceptors (Lipinski definition) is 2. The highest BCUT2D eigenvalue weighted by molar-refractivity contribution is 5.80. The molecule has 0 unspecified atom stereocenters. The van der Waals surface area contributed by atoms with E-state index < -0.39 is 6.10 Å². The smallest absolute Gasteiger partial charge is 0.248 e. The van der Waals surface area contributed by atoms with E-state index in [1.807, 2.05) is 0 Å². The fraction of sp³-hybridized carbons (Fsp3) is 0.900. The molecule has 1 atom stereocenters. The third-order valence-corrected chi connectivity index (χ3v) is 2.84. The van der Waals surface area contributed by atoms with E-state index in [2.05, 4.69) is 19.2 Å². The molecule has 0 heterocycles. The Kier molecular flexibility index (Phi) is 3.31. The summed E-state index contributed by atoms with van der Waals surface area (Å²) in [5.41, 5.74) is 0. The van der Waals surface area contributed by atoms with Gasteiger partial charge in [-0.3, -0.25) is 4.79 Å². The molecule has 1 amide bonds. The molecule has 2 N–H and O–H groups in total. The van der Waals surface area contributed by atoms with E-state index in [4.69, 9.17) is 5.11 Å². The van der Waals surface area contributed by atoms with Crippen molar-refractivity contribution < 1.29 is 9.90 Å². The van der Waals surface area contributed by atoms with Gasteiger partial charge < -0.3 is 10.4 Å². The third-order valence-electron chi connectivity index (χ3n) is 2.84. The lowest BCUT2D eigenvalue weighted by Gasteiger charge is -2.38. The van der Waals surface area contributed by atoms with Gasteiger partial charge in [0.2, 0.25) is 5.91 Å². The molecule has 1 saturated carbocycles. The summed E-state index contributed by atoms with van der Waals surface area (Å²) in [5.74, 6) is 1.21. The van der Waals surface area contributed by atoms with E-state index in [-0.39, 0.29) is 5.91 Å². The Hall–Kier alpha value is -0.570. The van der Waals surface area contributed by atoms with Gasteiger partial charge in [0.25, 0.3) is 0 Å². The van der Waals surface area contributed by atoms with Crippen molar-refractivity contribution in [3.05, 3.63) is 0 Å². The molecule has 3 nitrogen and oxygen atoms in total. The number of nitrogens with one attached hydrogen (secondary N) is 1. The van der Waals surface area contributed by atoms with E-state index in [1.165, 1.54) is 6.92 Å². The van der Waals surface area contributed by atoms with Crippen LogP contribution < -0.4 is 5.32 Å². The monoisotopic (exact) mass is 185 g/mol. The second-order valence-corrected chi connectivity index (χ2v) is 4.36. The average Bonchev–Trinajstić information content (AvgIpc) is 1.94. The van der Waals surface area contributed by atoms with Crippen molar-refractivity contribution in [1.82, 2.24) is 5.32 Å². The Labute approximate surface area is 79.5 Å². The van der Waals surface area contributed by atoms with Gasteiger partial charge >= 0.3 is 0 Å². The zero-order chi connectivity index (χ0) is 10.0. The predicted octanol–water partition coefficient (Wildman–Crippen LogP) is 0.918. The van der Waals surface area contributed by atoms with Crippen LogP contribution in [0.5, 0.6) is 0 Å². The summed E-state index contributed by atoms with van der Waals surface area (Å²) in [6.07, 6.45) is 1.25. The lowest BCUT2D eigenvalue weighted by atomic mass is 9.73. The van der Waals surface area contributed by atoms with Gasteiger partial charge in [-0.05, 0) is 31.6 Å². The molecule has 0 radical (unpaired) electrons. The molecule has 13 heavy (non-hydrogen) atoms. The Morgan fingerprint density at radius 2 is 1.92 bits per heavy atom. The first kappa shape index (κ1) is 10.5. The van der Waals surface area contributed by atoms with Gasteiger partial charge in [-0.1, -0.05) is 13.8 Å². The third kappa shape index (κ3) is 2.69. The lowest BCUT2D eigenvalue weighted by Crippen LogP contribution is -2.48. The highest BCUT2D eigenvalue weighted by atomic mass is 16.3. The van der Waals surface area contributed by atoms with Crippen molar-refractivity contribution in [1.29, 1.82) is 0 Å². The molecule has 0 aliphatic heterocycles. The van der Waals surface area contributed by atoms with Crippen LogP contribution in [0.4, 0.5) is 0 Å². The zero-order valence-corrected chi connectivity index (χ0v) is 8.58. The fourth-order valence-corrected chi connectivity index (χ4v) is 1.65. The van der Waals surface area contributed by atoms with Gasteiger partial charge in [-0.25, -0.2) is 0 Å². The van der Waals surface area contributed by atoms with Crippen molar-refractivity contribution >= 4 is 5.91 Å². The largest absolute Gasteiger partial charge is 0.384 e. The van der Waals surface area contributed by atoms with Crippen molar-refractivity contribution in [3.63, 3.8) is 0 Å². The standard InChI is InChI=1S/C10H19NO2/c1-6(2)8-4-9(5-8)11-10(13)7(3)12/h6-9,12H,4-5H2,1-3H3,(H,11,13)/t7-,8?,9?/m1/s1. The van der Waals surface area contributed by atoms with Crippen LogP contribution in [-0.4, -0.2) is 23.2 Å². The molecule has 0 bridgehead atoms. The highest BCUT2D eigenvalue weighted by Gasteiger charge is 2.32. The summed E-state index contributed by atoms with van der Waals surface area (Å²) < 4.78 is 0. The van der Waals surface area contributed by atoms with Gasteiger partial charge in [0.15, 0.2) is 0 Å². The summed E-state index contributed by atoms with van der Waals surface area (Å²) in [4.78, 5) is 11.1. The van der Waals surface area contributed by atoms with Crippen molar-refractivity contribution in [2.24, 2.45) is 11.8 Å². The summed E-state index contributed by atoms with van der Waals surface area (Å²) in [6, 6.07) is 0.300. The number of hydrogen-bond donors (Lipinski definition) is 2. The molecule has 1 rings (SSSR count). The van der Waals surface area contributed by atoms with Crippen molar-refractivity contribution in [2.75, 3.05) is 0 Å². The molecule has 76 valence electrons. The van der Waals surface area contributed by atoms with Crippen LogP contribution in [0.15, 0.2) is 0 Å². The SMILES string of the molecule is CC(C)C1CC(NC(=O)[C@@H](C)O)C1. The van der Waals surface area contributed by atoms with Gasteiger partial charge in [0.1, 0.15) is 6.10 Å².